The molecule has 1 heterocycles. The SMILES string of the molecule is CC(C)[C@H]1SCC[C@@H]1O. The molecule has 1 fully saturated rings. The number of hydrogen-bond acceptors (Lipinski definition) is 2. The van der Waals surface area contributed by atoms with E-state index in [0.717, 1.165) is 12.2 Å². The van der Waals surface area contributed by atoms with Crippen LogP contribution in [0.25, 0.3) is 0 Å². The molecule has 0 spiro atoms. The first-order valence-corrected chi connectivity index (χ1v) is 4.56. The molecule has 1 rings (SSSR count). The van der Waals surface area contributed by atoms with Crippen molar-refractivity contribution in [2.75, 3.05) is 5.75 Å². The third-order valence-corrected chi connectivity index (χ3v) is 3.48. The Morgan fingerprint density at radius 2 is 2.22 bits per heavy atom. The zero-order valence-corrected chi connectivity index (χ0v) is 6.82. The van der Waals surface area contributed by atoms with Gasteiger partial charge in [0.2, 0.25) is 0 Å². The van der Waals surface area contributed by atoms with E-state index >= 15 is 0 Å². The summed E-state index contributed by atoms with van der Waals surface area (Å²) in [4.78, 5) is 0. The van der Waals surface area contributed by atoms with Crippen LogP contribution in [-0.2, 0) is 0 Å². The van der Waals surface area contributed by atoms with Crippen LogP contribution in [0.4, 0.5) is 0 Å². The van der Waals surface area contributed by atoms with Gasteiger partial charge >= 0.3 is 0 Å². The van der Waals surface area contributed by atoms with Crippen molar-refractivity contribution in [3.63, 3.8) is 0 Å². The summed E-state index contributed by atoms with van der Waals surface area (Å²) in [7, 11) is 0. The highest BCUT2D eigenvalue weighted by atomic mass is 32.2. The van der Waals surface area contributed by atoms with Gasteiger partial charge in [0, 0.05) is 5.25 Å². The zero-order chi connectivity index (χ0) is 6.85. The van der Waals surface area contributed by atoms with Gasteiger partial charge in [-0.3, -0.25) is 0 Å². The van der Waals surface area contributed by atoms with Crippen LogP contribution in [0, 0.1) is 5.92 Å². The van der Waals surface area contributed by atoms with E-state index in [4.69, 9.17) is 0 Å². The minimum atomic E-state index is -0.0324. The fourth-order valence-corrected chi connectivity index (χ4v) is 2.63. The zero-order valence-electron chi connectivity index (χ0n) is 6.00. The fraction of sp³-hybridized carbons (Fsp3) is 1.00. The first-order valence-electron chi connectivity index (χ1n) is 3.51. The molecule has 1 saturated heterocycles. The van der Waals surface area contributed by atoms with E-state index in [0.29, 0.717) is 11.2 Å². The molecule has 0 aromatic carbocycles. The van der Waals surface area contributed by atoms with Gasteiger partial charge in [-0.25, -0.2) is 0 Å². The second-order valence-electron chi connectivity index (χ2n) is 2.94. The van der Waals surface area contributed by atoms with Crippen molar-refractivity contribution in [3.05, 3.63) is 0 Å². The molecule has 0 saturated carbocycles. The lowest BCUT2D eigenvalue weighted by Gasteiger charge is -2.16. The predicted molar refractivity (Wildman–Crippen MR) is 41.7 cm³/mol. The molecule has 0 bridgehead atoms. The smallest absolute Gasteiger partial charge is 0.0669 e. The minimum Gasteiger partial charge on any atom is -0.392 e. The number of hydrogen-bond donors (Lipinski definition) is 1. The van der Waals surface area contributed by atoms with Crippen LogP contribution < -0.4 is 0 Å². The summed E-state index contributed by atoms with van der Waals surface area (Å²) in [6, 6.07) is 0. The monoisotopic (exact) mass is 146 g/mol. The van der Waals surface area contributed by atoms with Crippen molar-refractivity contribution in [2.24, 2.45) is 5.92 Å². The van der Waals surface area contributed by atoms with Gasteiger partial charge in [0.1, 0.15) is 0 Å². The Morgan fingerprint density at radius 1 is 1.56 bits per heavy atom. The van der Waals surface area contributed by atoms with Crippen LogP contribution in [0.15, 0.2) is 0 Å². The van der Waals surface area contributed by atoms with Crippen LogP contribution in [0.2, 0.25) is 0 Å². The maximum absolute atomic E-state index is 9.34. The molecule has 2 atom stereocenters. The van der Waals surface area contributed by atoms with Gasteiger partial charge in [0.05, 0.1) is 6.10 Å². The van der Waals surface area contributed by atoms with Gasteiger partial charge in [-0.2, -0.15) is 11.8 Å². The number of thioether (sulfide) groups is 1. The number of aliphatic hydroxyl groups excluding tert-OH is 1. The van der Waals surface area contributed by atoms with Gasteiger partial charge in [-0.05, 0) is 18.1 Å². The normalized spacial score (nSPS) is 36.0. The molecular formula is C7H14OS. The largest absolute Gasteiger partial charge is 0.392 e. The summed E-state index contributed by atoms with van der Waals surface area (Å²) in [5, 5.41) is 9.84. The highest BCUT2D eigenvalue weighted by Gasteiger charge is 2.27. The first kappa shape index (κ1) is 7.42. The second kappa shape index (κ2) is 2.93. The van der Waals surface area contributed by atoms with Gasteiger partial charge in [-0.1, -0.05) is 13.8 Å². The highest BCUT2D eigenvalue weighted by molar-refractivity contribution is 8.00. The summed E-state index contributed by atoms with van der Waals surface area (Å²) in [5.41, 5.74) is 0. The van der Waals surface area contributed by atoms with E-state index in [1.54, 1.807) is 0 Å². The van der Waals surface area contributed by atoms with Crippen LogP contribution in [0.1, 0.15) is 20.3 Å². The maximum atomic E-state index is 9.34. The number of rotatable bonds is 1. The molecule has 54 valence electrons. The van der Waals surface area contributed by atoms with Crippen LogP contribution >= 0.6 is 11.8 Å². The fourth-order valence-electron chi connectivity index (χ4n) is 1.24. The Bertz CT molecular complexity index is 92.9. The Hall–Kier alpha value is 0.310. The number of aliphatic hydroxyl groups is 1. The lowest BCUT2D eigenvalue weighted by atomic mass is 10.0. The summed E-state index contributed by atoms with van der Waals surface area (Å²) < 4.78 is 0. The van der Waals surface area contributed by atoms with E-state index in [2.05, 4.69) is 13.8 Å². The molecular weight excluding hydrogens is 132 g/mol. The summed E-state index contributed by atoms with van der Waals surface area (Å²) in [6.45, 7) is 4.35. The first-order chi connectivity index (χ1) is 4.22. The van der Waals surface area contributed by atoms with Crippen molar-refractivity contribution in [3.8, 4) is 0 Å². The standard InChI is InChI=1S/C7H14OS/c1-5(2)7-6(8)3-4-9-7/h5-8H,3-4H2,1-2H3/t6-,7+/m0/s1. The minimum absolute atomic E-state index is 0.0324. The lowest BCUT2D eigenvalue weighted by Crippen LogP contribution is -2.22. The topological polar surface area (TPSA) is 20.2 Å². The predicted octanol–water partition coefficient (Wildman–Crippen LogP) is 1.51. The van der Waals surface area contributed by atoms with E-state index in [-0.39, 0.29) is 6.10 Å². The van der Waals surface area contributed by atoms with Crippen LogP contribution in [0.5, 0.6) is 0 Å². The van der Waals surface area contributed by atoms with E-state index in [9.17, 15) is 5.11 Å². The molecule has 0 radical (unpaired) electrons. The Labute approximate surface area is 60.8 Å². The average Bonchev–Trinajstić information content (AvgIpc) is 2.13. The molecule has 0 unspecified atom stereocenters. The molecule has 2 heteroatoms. The van der Waals surface area contributed by atoms with Gasteiger partial charge in [0.25, 0.3) is 0 Å². The van der Waals surface area contributed by atoms with Crippen molar-refractivity contribution >= 4 is 11.8 Å². The summed E-state index contributed by atoms with van der Waals surface area (Å²) >= 11 is 1.91. The van der Waals surface area contributed by atoms with Gasteiger partial charge in [0.15, 0.2) is 0 Å². The van der Waals surface area contributed by atoms with Gasteiger partial charge < -0.3 is 5.11 Å². The van der Waals surface area contributed by atoms with E-state index in [1.165, 1.54) is 0 Å². The average molecular weight is 146 g/mol. The van der Waals surface area contributed by atoms with Crippen molar-refractivity contribution < 1.29 is 5.11 Å². The maximum Gasteiger partial charge on any atom is 0.0669 e. The third-order valence-electron chi connectivity index (χ3n) is 1.76. The van der Waals surface area contributed by atoms with Crippen molar-refractivity contribution in [1.82, 2.24) is 0 Å². The highest BCUT2D eigenvalue weighted by Crippen LogP contribution is 2.31. The van der Waals surface area contributed by atoms with Gasteiger partial charge in [-0.15, -0.1) is 0 Å². The second-order valence-corrected chi connectivity index (χ2v) is 4.22. The van der Waals surface area contributed by atoms with Crippen LogP contribution in [0.3, 0.4) is 0 Å². The van der Waals surface area contributed by atoms with E-state index < -0.39 is 0 Å². The molecule has 0 amide bonds. The molecule has 1 aliphatic rings. The van der Waals surface area contributed by atoms with Crippen molar-refractivity contribution in [1.29, 1.82) is 0 Å². The Morgan fingerprint density at radius 3 is 2.44 bits per heavy atom. The molecule has 0 aliphatic carbocycles. The van der Waals surface area contributed by atoms with E-state index in [1.807, 2.05) is 11.8 Å². The lowest BCUT2D eigenvalue weighted by molar-refractivity contribution is 0.161. The molecule has 0 aromatic rings. The quantitative estimate of drug-likeness (QED) is 0.605. The molecule has 1 N–H and O–H groups in total. The molecule has 0 aromatic heterocycles. The summed E-state index contributed by atoms with van der Waals surface area (Å²) in [5.74, 6) is 1.77. The molecule has 1 aliphatic heterocycles. The third kappa shape index (κ3) is 1.62. The summed E-state index contributed by atoms with van der Waals surface area (Å²) in [6.07, 6.45) is 0.961. The van der Waals surface area contributed by atoms with Crippen LogP contribution in [-0.4, -0.2) is 22.2 Å². The molecule has 1 nitrogen and oxygen atoms in total. The Balaban J connectivity index is 2.40. The van der Waals surface area contributed by atoms with Crippen molar-refractivity contribution in [2.45, 2.75) is 31.6 Å². The Kier molecular flexibility index (Phi) is 2.42. The molecule has 9 heavy (non-hydrogen) atoms.